The van der Waals surface area contributed by atoms with Crippen molar-refractivity contribution in [1.29, 1.82) is 0 Å². The summed E-state index contributed by atoms with van der Waals surface area (Å²) in [6.45, 7) is 1.22. The molecule has 3 rings (SSSR count). The molecule has 0 fully saturated rings. The maximum Gasteiger partial charge on any atom is 0.482 e. The van der Waals surface area contributed by atoms with E-state index in [4.69, 9.17) is 4.74 Å². The SMILES string of the molecule is COc1ccc(C(C)=O)cc1CN1C(=O)C(F)(F)Oc2ccccc21. The highest BCUT2D eigenvalue weighted by molar-refractivity contribution is 6.01. The second-order valence-electron chi connectivity index (χ2n) is 5.56. The minimum absolute atomic E-state index is 0.0891. The highest BCUT2D eigenvalue weighted by Gasteiger charge is 2.50. The van der Waals surface area contributed by atoms with E-state index in [1.165, 1.54) is 32.2 Å². The molecule has 0 saturated carbocycles. The van der Waals surface area contributed by atoms with Gasteiger partial charge in [-0.25, -0.2) is 0 Å². The Balaban J connectivity index is 2.06. The second-order valence-corrected chi connectivity index (χ2v) is 5.56. The number of methoxy groups -OCH3 is 1. The van der Waals surface area contributed by atoms with Crippen molar-refractivity contribution in [3.8, 4) is 11.5 Å². The number of carbonyl (C=O) groups excluding carboxylic acids is 2. The molecule has 0 spiro atoms. The molecule has 0 bridgehead atoms. The molecule has 0 unspecified atom stereocenters. The monoisotopic (exact) mass is 347 g/mol. The van der Waals surface area contributed by atoms with Crippen LogP contribution in [0.3, 0.4) is 0 Å². The highest BCUT2D eigenvalue weighted by Crippen LogP contribution is 2.40. The van der Waals surface area contributed by atoms with Crippen LogP contribution in [0.4, 0.5) is 14.5 Å². The third kappa shape index (κ3) is 3.05. The number of benzene rings is 2. The fourth-order valence-corrected chi connectivity index (χ4v) is 2.66. The number of halogens is 2. The van der Waals surface area contributed by atoms with E-state index in [1.807, 2.05) is 0 Å². The van der Waals surface area contributed by atoms with Gasteiger partial charge in [-0.05, 0) is 37.3 Å². The number of ketones is 1. The van der Waals surface area contributed by atoms with Crippen LogP contribution in [0.2, 0.25) is 0 Å². The number of amides is 1. The van der Waals surface area contributed by atoms with E-state index in [1.54, 1.807) is 24.3 Å². The van der Waals surface area contributed by atoms with Crippen molar-refractivity contribution in [2.24, 2.45) is 0 Å². The molecular formula is C18H15F2NO4. The molecular weight excluding hydrogens is 332 g/mol. The van der Waals surface area contributed by atoms with E-state index in [9.17, 15) is 18.4 Å². The predicted octanol–water partition coefficient (Wildman–Crippen LogP) is 3.42. The number of nitrogens with zero attached hydrogens (tertiary/aromatic N) is 1. The molecule has 1 heterocycles. The molecule has 0 aromatic heterocycles. The Labute approximate surface area is 142 Å². The number of hydrogen-bond donors (Lipinski definition) is 0. The average molecular weight is 347 g/mol. The van der Waals surface area contributed by atoms with Crippen LogP contribution in [0.25, 0.3) is 0 Å². The van der Waals surface area contributed by atoms with Gasteiger partial charge in [-0.3, -0.25) is 14.5 Å². The number of para-hydroxylation sites is 2. The van der Waals surface area contributed by atoms with E-state index in [-0.39, 0.29) is 23.8 Å². The molecule has 0 radical (unpaired) electrons. The second kappa shape index (κ2) is 6.16. The highest BCUT2D eigenvalue weighted by atomic mass is 19.3. The summed E-state index contributed by atoms with van der Waals surface area (Å²) < 4.78 is 37.6. The zero-order valence-electron chi connectivity index (χ0n) is 13.6. The van der Waals surface area contributed by atoms with Crippen LogP contribution < -0.4 is 14.4 Å². The molecule has 1 amide bonds. The van der Waals surface area contributed by atoms with Crippen LogP contribution in [-0.2, 0) is 11.3 Å². The Bertz CT molecular complexity index is 851. The summed E-state index contributed by atoms with van der Waals surface area (Å²) in [6, 6.07) is 10.7. The number of carbonyl (C=O) groups is 2. The van der Waals surface area contributed by atoms with Crippen molar-refractivity contribution < 1.29 is 27.8 Å². The standard InChI is InChI=1S/C18H15F2NO4/c1-11(22)12-7-8-15(24-2)13(9-12)10-21-14-5-3-4-6-16(14)25-18(19,20)17(21)23/h3-9H,10H2,1-2H3. The Hall–Kier alpha value is -2.96. The van der Waals surface area contributed by atoms with Crippen molar-refractivity contribution >= 4 is 17.4 Å². The van der Waals surface area contributed by atoms with Crippen molar-refractivity contribution in [1.82, 2.24) is 0 Å². The molecule has 0 atom stereocenters. The molecule has 0 aliphatic carbocycles. The van der Waals surface area contributed by atoms with Gasteiger partial charge in [-0.2, -0.15) is 8.78 Å². The predicted molar refractivity (Wildman–Crippen MR) is 86.2 cm³/mol. The number of fused-ring (bicyclic) bond motifs is 1. The summed E-state index contributed by atoms with van der Waals surface area (Å²) in [4.78, 5) is 24.7. The van der Waals surface area contributed by atoms with Gasteiger partial charge in [0.05, 0.1) is 19.3 Å². The number of Topliss-reactive ketones (excluding diaryl/α,β-unsaturated/α-hetero) is 1. The first-order valence-electron chi connectivity index (χ1n) is 7.49. The van der Waals surface area contributed by atoms with Crippen LogP contribution in [0.5, 0.6) is 11.5 Å². The van der Waals surface area contributed by atoms with Crippen molar-refractivity contribution in [3.05, 3.63) is 53.6 Å². The van der Waals surface area contributed by atoms with E-state index >= 15 is 0 Å². The minimum Gasteiger partial charge on any atom is -0.496 e. The maximum atomic E-state index is 13.9. The molecule has 2 aromatic rings. The van der Waals surface area contributed by atoms with Gasteiger partial charge in [-0.1, -0.05) is 12.1 Å². The van der Waals surface area contributed by atoms with Crippen molar-refractivity contribution in [2.45, 2.75) is 19.6 Å². The summed E-state index contributed by atoms with van der Waals surface area (Å²) >= 11 is 0. The molecule has 5 nitrogen and oxygen atoms in total. The van der Waals surface area contributed by atoms with Crippen LogP contribution in [0.1, 0.15) is 22.8 Å². The van der Waals surface area contributed by atoms with Gasteiger partial charge < -0.3 is 9.47 Å². The number of rotatable bonds is 4. The summed E-state index contributed by atoms with van der Waals surface area (Å²) in [5, 5.41) is 0. The zero-order valence-corrected chi connectivity index (χ0v) is 13.6. The van der Waals surface area contributed by atoms with E-state index in [0.29, 0.717) is 16.9 Å². The Morgan fingerprint density at radius 3 is 2.64 bits per heavy atom. The van der Waals surface area contributed by atoms with Gasteiger partial charge in [0, 0.05) is 11.1 Å². The first-order valence-corrected chi connectivity index (χ1v) is 7.49. The summed E-state index contributed by atoms with van der Waals surface area (Å²) in [5.74, 6) is -1.34. The molecule has 1 aliphatic heterocycles. The van der Waals surface area contributed by atoms with Crippen LogP contribution in [0.15, 0.2) is 42.5 Å². The van der Waals surface area contributed by atoms with Gasteiger partial charge >= 0.3 is 12.0 Å². The molecule has 1 aliphatic rings. The summed E-state index contributed by atoms with van der Waals surface area (Å²) in [6.07, 6.45) is -3.96. The van der Waals surface area contributed by atoms with E-state index in [2.05, 4.69) is 4.74 Å². The lowest BCUT2D eigenvalue weighted by Gasteiger charge is -2.33. The van der Waals surface area contributed by atoms with E-state index in [0.717, 1.165) is 4.90 Å². The van der Waals surface area contributed by atoms with E-state index < -0.39 is 12.0 Å². The van der Waals surface area contributed by atoms with Gasteiger partial charge in [0.25, 0.3) is 0 Å². The Kier molecular flexibility index (Phi) is 4.16. The minimum atomic E-state index is -3.96. The molecule has 130 valence electrons. The normalized spacial score (nSPS) is 15.4. The zero-order chi connectivity index (χ0) is 18.2. The lowest BCUT2D eigenvalue weighted by Crippen LogP contribution is -2.50. The van der Waals surface area contributed by atoms with Crippen molar-refractivity contribution in [2.75, 3.05) is 12.0 Å². The first-order chi connectivity index (χ1) is 11.8. The Morgan fingerprint density at radius 2 is 1.96 bits per heavy atom. The maximum absolute atomic E-state index is 13.9. The molecule has 2 aromatic carbocycles. The Morgan fingerprint density at radius 1 is 1.24 bits per heavy atom. The number of ether oxygens (including phenoxy) is 2. The molecule has 25 heavy (non-hydrogen) atoms. The lowest BCUT2D eigenvalue weighted by atomic mass is 10.1. The van der Waals surface area contributed by atoms with Crippen molar-refractivity contribution in [3.63, 3.8) is 0 Å². The summed E-state index contributed by atoms with van der Waals surface area (Å²) in [7, 11) is 1.43. The van der Waals surface area contributed by atoms with Gasteiger partial charge in [0.1, 0.15) is 5.75 Å². The largest absolute Gasteiger partial charge is 0.496 e. The molecule has 7 heteroatoms. The first kappa shape index (κ1) is 16.9. The van der Waals surface area contributed by atoms with Gasteiger partial charge in [-0.15, -0.1) is 0 Å². The number of anilines is 1. The summed E-state index contributed by atoms with van der Waals surface area (Å²) in [5.41, 5.74) is 1.07. The molecule has 0 N–H and O–H groups in total. The quantitative estimate of drug-likeness (QED) is 0.796. The van der Waals surface area contributed by atoms with Crippen LogP contribution >= 0.6 is 0 Å². The molecule has 0 saturated heterocycles. The van der Waals surface area contributed by atoms with Crippen LogP contribution in [-0.4, -0.2) is 24.9 Å². The fourth-order valence-electron chi connectivity index (χ4n) is 2.66. The third-order valence-electron chi connectivity index (χ3n) is 3.90. The van der Waals surface area contributed by atoms with Gasteiger partial charge in [0.2, 0.25) is 0 Å². The van der Waals surface area contributed by atoms with Gasteiger partial charge in [0.15, 0.2) is 11.5 Å². The third-order valence-corrected chi connectivity index (χ3v) is 3.90. The smallest absolute Gasteiger partial charge is 0.482 e. The number of hydrogen-bond acceptors (Lipinski definition) is 4. The lowest BCUT2D eigenvalue weighted by molar-refractivity contribution is -0.193. The topological polar surface area (TPSA) is 55.8 Å². The average Bonchev–Trinajstić information content (AvgIpc) is 2.58. The fraction of sp³-hybridized carbons (Fsp3) is 0.222. The number of alkyl halides is 2. The van der Waals surface area contributed by atoms with Crippen LogP contribution in [0, 0.1) is 0 Å².